The van der Waals surface area contributed by atoms with Crippen LogP contribution in [0.15, 0.2) is 58.5 Å². The van der Waals surface area contributed by atoms with E-state index in [9.17, 15) is 9.59 Å². The summed E-state index contributed by atoms with van der Waals surface area (Å²) in [6.07, 6.45) is 0. The first-order valence-electron chi connectivity index (χ1n) is 9.55. The molecule has 30 heavy (non-hydrogen) atoms. The standard InChI is InChI=1S/C22H25N3O4S/c1-15(13-28-2)23-20(26)14-30-22-24-19-7-5-4-6-18(19)21(27)25(22)12-16-8-10-17(29-3)11-9-16/h4-11,15H,12-14H2,1-3H3,(H,23,26). The molecule has 1 aromatic heterocycles. The number of fused-ring (bicyclic) bond motifs is 1. The monoisotopic (exact) mass is 427 g/mol. The van der Waals surface area contributed by atoms with Gasteiger partial charge in [-0.3, -0.25) is 14.2 Å². The zero-order chi connectivity index (χ0) is 21.5. The summed E-state index contributed by atoms with van der Waals surface area (Å²) in [4.78, 5) is 30.1. The maximum Gasteiger partial charge on any atom is 0.262 e. The van der Waals surface area contributed by atoms with Crippen LogP contribution in [0.4, 0.5) is 0 Å². The van der Waals surface area contributed by atoms with E-state index in [1.54, 1.807) is 30.9 Å². The molecule has 0 radical (unpaired) electrons. The molecule has 2 aromatic carbocycles. The van der Waals surface area contributed by atoms with E-state index in [1.807, 2.05) is 43.3 Å². The molecule has 1 heterocycles. The number of carbonyl (C=O) groups excluding carboxylic acids is 1. The first kappa shape index (κ1) is 21.9. The SMILES string of the molecule is COCC(C)NC(=O)CSc1nc2ccccc2c(=O)n1Cc1ccc(OC)cc1. The van der Waals surface area contributed by atoms with Crippen molar-refractivity contribution in [1.29, 1.82) is 0 Å². The Kier molecular flexibility index (Phi) is 7.48. The third-order valence-corrected chi connectivity index (χ3v) is 5.46. The number of methoxy groups -OCH3 is 2. The van der Waals surface area contributed by atoms with Crippen LogP contribution < -0.4 is 15.6 Å². The van der Waals surface area contributed by atoms with Crippen molar-refractivity contribution in [2.75, 3.05) is 26.6 Å². The number of aromatic nitrogens is 2. The van der Waals surface area contributed by atoms with Gasteiger partial charge in [-0.1, -0.05) is 36.0 Å². The van der Waals surface area contributed by atoms with Crippen molar-refractivity contribution in [3.05, 3.63) is 64.4 Å². The summed E-state index contributed by atoms with van der Waals surface area (Å²) in [7, 11) is 3.20. The molecule has 0 saturated carbocycles. The van der Waals surface area contributed by atoms with Crippen molar-refractivity contribution in [3.8, 4) is 5.75 Å². The summed E-state index contributed by atoms with van der Waals surface area (Å²) in [6.45, 7) is 2.66. The van der Waals surface area contributed by atoms with Gasteiger partial charge in [0.15, 0.2) is 5.16 Å². The smallest absolute Gasteiger partial charge is 0.262 e. The fourth-order valence-corrected chi connectivity index (χ4v) is 3.86. The maximum absolute atomic E-state index is 13.2. The zero-order valence-electron chi connectivity index (χ0n) is 17.3. The van der Waals surface area contributed by atoms with E-state index in [4.69, 9.17) is 9.47 Å². The highest BCUT2D eigenvalue weighted by molar-refractivity contribution is 7.99. The van der Waals surface area contributed by atoms with Gasteiger partial charge < -0.3 is 14.8 Å². The molecule has 0 aliphatic heterocycles. The molecular weight excluding hydrogens is 402 g/mol. The van der Waals surface area contributed by atoms with E-state index < -0.39 is 0 Å². The van der Waals surface area contributed by atoms with E-state index >= 15 is 0 Å². The Morgan fingerprint density at radius 1 is 1.17 bits per heavy atom. The van der Waals surface area contributed by atoms with Crippen molar-refractivity contribution in [3.63, 3.8) is 0 Å². The van der Waals surface area contributed by atoms with E-state index in [2.05, 4.69) is 10.3 Å². The molecule has 3 rings (SSSR count). The molecule has 0 bridgehead atoms. The third-order valence-electron chi connectivity index (χ3n) is 4.48. The molecule has 0 spiro atoms. The molecule has 7 nitrogen and oxygen atoms in total. The highest BCUT2D eigenvalue weighted by Crippen LogP contribution is 2.20. The van der Waals surface area contributed by atoms with Crippen molar-refractivity contribution in [2.45, 2.75) is 24.7 Å². The van der Waals surface area contributed by atoms with Crippen molar-refractivity contribution < 1.29 is 14.3 Å². The Morgan fingerprint density at radius 3 is 2.60 bits per heavy atom. The van der Waals surface area contributed by atoms with Gasteiger partial charge in [0.25, 0.3) is 5.56 Å². The molecule has 0 fully saturated rings. The Morgan fingerprint density at radius 2 is 1.90 bits per heavy atom. The minimum Gasteiger partial charge on any atom is -0.497 e. The number of benzene rings is 2. The highest BCUT2D eigenvalue weighted by atomic mass is 32.2. The van der Waals surface area contributed by atoms with Gasteiger partial charge in [0.2, 0.25) is 5.91 Å². The number of ether oxygens (including phenoxy) is 2. The topological polar surface area (TPSA) is 82.5 Å². The number of thioether (sulfide) groups is 1. The van der Waals surface area contributed by atoms with Crippen molar-refractivity contribution >= 4 is 28.6 Å². The second kappa shape index (κ2) is 10.3. The number of nitrogens with zero attached hydrogens (tertiary/aromatic N) is 2. The maximum atomic E-state index is 13.2. The van der Waals surface area contributed by atoms with Crippen LogP contribution in [-0.4, -0.2) is 48.1 Å². The van der Waals surface area contributed by atoms with Gasteiger partial charge in [-0.05, 0) is 36.8 Å². The first-order valence-corrected chi connectivity index (χ1v) is 10.5. The fraction of sp³-hybridized carbons (Fsp3) is 0.318. The normalized spacial score (nSPS) is 12.0. The summed E-state index contributed by atoms with van der Waals surface area (Å²) in [5.74, 6) is 0.767. The minimum atomic E-state index is -0.136. The Labute approximate surface area is 179 Å². The van der Waals surface area contributed by atoms with E-state index in [0.29, 0.717) is 29.2 Å². The lowest BCUT2D eigenvalue weighted by Crippen LogP contribution is -2.36. The summed E-state index contributed by atoms with van der Waals surface area (Å²) in [5, 5.41) is 3.92. The summed E-state index contributed by atoms with van der Waals surface area (Å²) in [5.41, 5.74) is 1.42. The van der Waals surface area contributed by atoms with E-state index in [0.717, 1.165) is 11.3 Å². The van der Waals surface area contributed by atoms with Gasteiger partial charge in [0.05, 0.1) is 36.9 Å². The number of nitrogens with one attached hydrogen (secondary N) is 1. The second-order valence-corrected chi connectivity index (χ2v) is 7.81. The third kappa shape index (κ3) is 5.40. The van der Waals surface area contributed by atoms with Crippen LogP contribution in [0.2, 0.25) is 0 Å². The molecular formula is C22H25N3O4S. The number of hydrogen-bond donors (Lipinski definition) is 1. The molecule has 1 N–H and O–H groups in total. The minimum absolute atomic E-state index is 0.0887. The average molecular weight is 428 g/mol. The van der Waals surface area contributed by atoms with Crippen LogP contribution >= 0.6 is 11.8 Å². The van der Waals surface area contributed by atoms with Gasteiger partial charge in [0, 0.05) is 13.2 Å². The van der Waals surface area contributed by atoms with Gasteiger partial charge in [-0.2, -0.15) is 0 Å². The number of carbonyl (C=O) groups is 1. The summed E-state index contributed by atoms with van der Waals surface area (Å²) < 4.78 is 11.9. The average Bonchev–Trinajstić information content (AvgIpc) is 2.75. The van der Waals surface area contributed by atoms with Crippen LogP contribution in [0.1, 0.15) is 12.5 Å². The van der Waals surface area contributed by atoms with Gasteiger partial charge >= 0.3 is 0 Å². The van der Waals surface area contributed by atoms with Crippen LogP contribution in [-0.2, 0) is 16.1 Å². The highest BCUT2D eigenvalue weighted by Gasteiger charge is 2.15. The predicted molar refractivity (Wildman–Crippen MR) is 118 cm³/mol. The Hall–Kier alpha value is -2.84. The van der Waals surface area contributed by atoms with Crippen molar-refractivity contribution in [2.24, 2.45) is 0 Å². The number of rotatable bonds is 9. The van der Waals surface area contributed by atoms with Crippen LogP contribution in [0, 0.1) is 0 Å². The summed E-state index contributed by atoms with van der Waals surface area (Å²) in [6, 6.07) is 14.7. The number of amides is 1. The Balaban J connectivity index is 1.88. The fourth-order valence-electron chi connectivity index (χ4n) is 3.05. The molecule has 0 aliphatic rings. The van der Waals surface area contributed by atoms with Gasteiger partial charge in [0.1, 0.15) is 5.75 Å². The van der Waals surface area contributed by atoms with Crippen LogP contribution in [0.5, 0.6) is 5.75 Å². The molecule has 1 atom stereocenters. The molecule has 1 unspecified atom stereocenters. The lowest BCUT2D eigenvalue weighted by atomic mass is 10.2. The van der Waals surface area contributed by atoms with E-state index in [-0.39, 0.29) is 23.3 Å². The quantitative estimate of drug-likeness (QED) is 0.418. The largest absolute Gasteiger partial charge is 0.497 e. The van der Waals surface area contributed by atoms with Gasteiger partial charge in [-0.25, -0.2) is 4.98 Å². The summed E-state index contributed by atoms with van der Waals surface area (Å²) >= 11 is 1.25. The number of hydrogen-bond acceptors (Lipinski definition) is 6. The molecule has 3 aromatic rings. The molecule has 8 heteroatoms. The second-order valence-electron chi connectivity index (χ2n) is 6.86. The van der Waals surface area contributed by atoms with Crippen LogP contribution in [0.3, 0.4) is 0 Å². The lowest BCUT2D eigenvalue weighted by Gasteiger charge is -2.15. The number of para-hydroxylation sites is 1. The molecule has 1 amide bonds. The predicted octanol–water partition coefficient (Wildman–Crippen LogP) is 2.70. The lowest BCUT2D eigenvalue weighted by molar-refractivity contribution is -0.119. The first-order chi connectivity index (χ1) is 14.5. The molecule has 0 aliphatic carbocycles. The van der Waals surface area contributed by atoms with Crippen LogP contribution in [0.25, 0.3) is 10.9 Å². The zero-order valence-corrected chi connectivity index (χ0v) is 18.1. The van der Waals surface area contributed by atoms with E-state index in [1.165, 1.54) is 11.8 Å². The Bertz CT molecular complexity index is 1070. The van der Waals surface area contributed by atoms with Crippen molar-refractivity contribution in [1.82, 2.24) is 14.9 Å². The van der Waals surface area contributed by atoms with Gasteiger partial charge in [-0.15, -0.1) is 0 Å². The molecule has 0 saturated heterocycles. The molecule has 158 valence electrons.